The van der Waals surface area contributed by atoms with Crippen LogP contribution >= 0.6 is 0 Å². The summed E-state index contributed by atoms with van der Waals surface area (Å²) in [4.78, 5) is 21.4. The van der Waals surface area contributed by atoms with Gasteiger partial charge < -0.3 is 19.5 Å². The number of nitrogens with zero attached hydrogens (tertiary/aromatic N) is 3. The van der Waals surface area contributed by atoms with Gasteiger partial charge in [-0.15, -0.1) is 0 Å². The molecule has 0 bridgehead atoms. The highest BCUT2D eigenvalue weighted by Gasteiger charge is 2.44. The Labute approximate surface area is 104 Å². The molecule has 0 unspecified atom stereocenters. The normalized spacial score (nSPS) is 17.2. The zero-order valence-electron chi connectivity index (χ0n) is 10.3. The number of hydrogen-bond donors (Lipinski definition) is 1. The van der Waals surface area contributed by atoms with Crippen molar-refractivity contribution < 1.29 is 19.4 Å². The summed E-state index contributed by atoms with van der Waals surface area (Å²) in [6.07, 6.45) is 2.80. The van der Waals surface area contributed by atoms with E-state index in [2.05, 4.69) is 9.97 Å². The number of likely N-dealkylation sites (tertiary alicyclic amines) is 1. The summed E-state index contributed by atoms with van der Waals surface area (Å²) in [5, 5.41) is 9.90. The minimum atomic E-state index is -0.948. The quantitative estimate of drug-likeness (QED) is 0.765. The van der Waals surface area contributed by atoms with E-state index in [1.807, 2.05) is 0 Å². The van der Waals surface area contributed by atoms with Crippen LogP contribution in [-0.2, 0) is 4.74 Å². The van der Waals surface area contributed by atoms with Gasteiger partial charge in [0, 0.05) is 7.11 Å². The van der Waals surface area contributed by atoms with Gasteiger partial charge in [-0.25, -0.2) is 4.98 Å². The van der Waals surface area contributed by atoms with E-state index in [4.69, 9.17) is 9.47 Å². The Kier molecular flexibility index (Phi) is 3.44. The van der Waals surface area contributed by atoms with Crippen LogP contribution in [0, 0.1) is 0 Å². The summed E-state index contributed by atoms with van der Waals surface area (Å²) in [5.41, 5.74) is -0.745. The number of ether oxygens (including phenoxy) is 2. The number of aromatic nitrogens is 2. The zero-order valence-corrected chi connectivity index (χ0v) is 10.3. The van der Waals surface area contributed by atoms with Gasteiger partial charge in [0.2, 0.25) is 5.88 Å². The van der Waals surface area contributed by atoms with Crippen molar-refractivity contribution >= 4 is 5.91 Å². The number of amides is 1. The molecule has 0 spiro atoms. The topological polar surface area (TPSA) is 84.8 Å². The van der Waals surface area contributed by atoms with Crippen molar-refractivity contribution in [3.8, 4) is 5.88 Å². The van der Waals surface area contributed by atoms with Crippen LogP contribution in [0.25, 0.3) is 0 Å². The summed E-state index contributed by atoms with van der Waals surface area (Å²) in [7, 11) is 2.97. The van der Waals surface area contributed by atoms with Gasteiger partial charge >= 0.3 is 0 Å². The molecule has 0 saturated carbocycles. The third-order valence-electron chi connectivity index (χ3n) is 2.71. The number of carbonyl (C=O) groups excluding carboxylic acids is 1. The van der Waals surface area contributed by atoms with E-state index in [0.29, 0.717) is 0 Å². The van der Waals surface area contributed by atoms with Crippen molar-refractivity contribution in [2.75, 3.05) is 33.9 Å². The van der Waals surface area contributed by atoms with Crippen LogP contribution in [0.1, 0.15) is 10.5 Å². The highest BCUT2D eigenvalue weighted by atomic mass is 16.5. The second-order valence-corrected chi connectivity index (χ2v) is 4.27. The van der Waals surface area contributed by atoms with Crippen molar-refractivity contribution in [3.63, 3.8) is 0 Å². The Balaban J connectivity index is 2.01. The first kappa shape index (κ1) is 12.7. The monoisotopic (exact) mass is 253 g/mol. The Morgan fingerprint density at radius 3 is 2.83 bits per heavy atom. The average molecular weight is 253 g/mol. The molecule has 7 heteroatoms. The molecule has 0 aromatic carbocycles. The fourth-order valence-electron chi connectivity index (χ4n) is 1.88. The lowest BCUT2D eigenvalue weighted by Crippen LogP contribution is -2.65. The number of methoxy groups -OCH3 is 2. The van der Waals surface area contributed by atoms with E-state index in [1.165, 1.54) is 31.5 Å². The van der Waals surface area contributed by atoms with Crippen LogP contribution in [-0.4, -0.2) is 65.4 Å². The summed E-state index contributed by atoms with van der Waals surface area (Å²) in [5.74, 6) is 0.00991. The molecule has 1 fully saturated rings. The molecule has 2 rings (SSSR count). The molecule has 1 aromatic rings. The predicted octanol–water partition coefficient (Wildman–Crippen LogP) is -0.682. The first-order valence-electron chi connectivity index (χ1n) is 5.44. The molecule has 0 aliphatic carbocycles. The van der Waals surface area contributed by atoms with Crippen LogP contribution in [0.4, 0.5) is 0 Å². The van der Waals surface area contributed by atoms with Gasteiger partial charge in [-0.1, -0.05) is 0 Å². The van der Waals surface area contributed by atoms with Gasteiger partial charge in [0.1, 0.15) is 5.60 Å². The van der Waals surface area contributed by atoms with Crippen molar-refractivity contribution in [3.05, 3.63) is 18.1 Å². The number of β-amino-alcohol motifs (C(OH)–C–C–N with tert-alkyl or cyclic N) is 1. The minimum Gasteiger partial charge on any atom is -0.480 e. The van der Waals surface area contributed by atoms with E-state index in [1.54, 1.807) is 0 Å². The Morgan fingerprint density at radius 1 is 1.50 bits per heavy atom. The zero-order chi connectivity index (χ0) is 13.2. The van der Waals surface area contributed by atoms with Crippen LogP contribution in [0.15, 0.2) is 12.4 Å². The van der Waals surface area contributed by atoms with E-state index < -0.39 is 5.60 Å². The van der Waals surface area contributed by atoms with Gasteiger partial charge in [-0.05, 0) is 0 Å². The molecule has 2 heterocycles. The first-order valence-corrected chi connectivity index (χ1v) is 5.44. The maximum Gasteiger partial charge on any atom is 0.274 e. The fourth-order valence-corrected chi connectivity index (χ4v) is 1.88. The molecule has 0 radical (unpaired) electrons. The Hall–Kier alpha value is -1.73. The van der Waals surface area contributed by atoms with Crippen molar-refractivity contribution in [2.45, 2.75) is 5.60 Å². The lowest BCUT2D eigenvalue weighted by molar-refractivity contribution is -0.118. The lowest BCUT2D eigenvalue weighted by Gasteiger charge is -2.45. The maximum atomic E-state index is 12.0. The fraction of sp³-hybridized carbons (Fsp3) is 0.545. The summed E-state index contributed by atoms with van der Waals surface area (Å²) in [6.45, 7) is 0.678. The summed E-state index contributed by atoms with van der Waals surface area (Å²) >= 11 is 0. The molecular formula is C11H15N3O4. The third-order valence-corrected chi connectivity index (χ3v) is 2.71. The van der Waals surface area contributed by atoms with Crippen LogP contribution in [0.3, 0.4) is 0 Å². The second kappa shape index (κ2) is 4.87. The highest BCUT2D eigenvalue weighted by molar-refractivity contribution is 5.92. The molecule has 1 saturated heterocycles. The number of aliphatic hydroxyl groups is 1. The molecular weight excluding hydrogens is 238 g/mol. The summed E-state index contributed by atoms with van der Waals surface area (Å²) in [6, 6.07) is 0. The Bertz CT molecular complexity index is 446. The van der Waals surface area contributed by atoms with Crippen molar-refractivity contribution in [2.24, 2.45) is 0 Å². The molecule has 0 atom stereocenters. The van der Waals surface area contributed by atoms with Gasteiger partial charge in [-0.2, -0.15) is 0 Å². The van der Waals surface area contributed by atoms with Gasteiger partial charge in [0.15, 0.2) is 5.69 Å². The summed E-state index contributed by atoms with van der Waals surface area (Å²) < 4.78 is 9.79. The number of rotatable bonds is 4. The van der Waals surface area contributed by atoms with Crippen molar-refractivity contribution in [1.82, 2.24) is 14.9 Å². The molecule has 1 aliphatic rings. The second-order valence-electron chi connectivity index (χ2n) is 4.27. The maximum absolute atomic E-state index is 12.0. The first-order chi connectivity index (χ1) is 8.58. The standard InChI is InChI=1S/C11H15N3O4/c1-17-7-11(16)5-14(6-11)10(15)8-3-12-4-9(13-8)18-2/h3-4,16H,5-7H2,1-2H3. The largest absolute Gasteiger partial charge is 0.480 e. The molecule has 7 nitrogen and oxygen atoms in total. The molecule has 1 amide bonds. The van der Waals surface area contributed by atoms with Gasteiger partial charge in [0.25, 0.3) is 5.91 Å². The Morgan fingerprint density at radius 2 is 2.22 bits per heavy atom. The molecule has 1 aromatic heterocycles. The van der Waals surface area contributed by atoms with E-state index in [0.717, 1.165) is 0 Å². The van der Waals surface area contributed by atoms with Gasteiger partial charge in [0.05, 0.1) is 39.2 Å². The van der Waals surface area contributed by atoms with Crippen LogP contribution in [0.5, 0.6) is 5.88 Å². The SMILES string of the molecule is COCC1(O)CN(C(=O)c2cncc(OC)n2)C1. The van der Waals surface area contributed by atoms with E-state index in [-0.39, 0.29) is 37.2 Å². The lowest BCUT2D eigenvalue weighted by atomic mass is 9.95. The predicted molar refractivity (Wildman–Crippen MR) is 61.3 cm³/mol. The number of hydrogen-bond acceptors (Lipinski definition) is 6. The van der Waals surface area contributed by atoms with E-state index >= 15 is 0 Å². The van der Waals surface area contributed by atoms with Gasteiger partial charge in [-0.3, -0.25) is 9.78 Å². The van der Waals surface area contributed by atoms with Crippen molar-refractivity contribution in [1.29, 1.82) is 0 Å². The molecule has 1 N–H and O–H groups in total. The molecule has 1 aliphatic heterocycles. The molecule has 98 valence electrons. The third kappa shape index (κ3) is 2.41. The molecule has 18 heavy (non-hydrogen) atoms. The van der Waals surface area contributed by atoms with E-state index in [9.17, 15) is 9.90 Å². The minimum absolute atomic E-state index is 0.203. The smallest absolute Gasteiger partial charge is 0.274 e. The average Bonchev–Trinajstić information content (AvgIpc) is 2.35. The van der Waals surface area contributed by atoms with Crippen LogP contribution in [0.2, 0.25) is 0 Å². The highest BCUT2D eigenvalue weighted by Crippen LogP contribution is 2.22. The van der Waals surface area contributed by atoms with Crippen LogP contribution < -0.4 is 4.74 Å². The number of carbonyl (C=O) groups is 1.